The van der Waals surface area contributed by atoms with Gasteiger partial charge >= 0.3 is 17.9 Å². The van der Waals surface area contributed by atoms with Gasteiger partial charge in [-0.05, 0) is 34.6 Å². The Balaban J connectivity index is 4.42. The van der Waals surface area contributed by atoms with Crippen molar-refractivity contribution in [3.8, 4) is 0 Å². The first-order chi connectivity index (χ1) is 10.1. The predicted octanol–water partition coefficient (Wildman–Crippen LogP) is 0.405. The molecule has 0 aromatic carbocycles. The van der Waals surface area contributed by atoms with Gasteiger partial charge in [0.15, 0.2) is 30.2 Å². The van der Waals surface area contributed by atoms with Crippen LogP contribution in [-0.2, 0) is 38.1 Å². The summed E-state index contributed by atoms with van der Waals surface area (Å²) in [6.07, 6.45) is -4.18. The van der Waals surface area contributed by atoms with Crippen molar-refractivity contribution in [2.24, 2.45) is 0 Å². The van der Waals surface area contributed by atoms with Gasteiger partial charge in [-0.3, -0.25) is 4.79 Å². The quantitative estimate of drug-likeness (QED) is 0.468. The molecule has 0 fully saturated rings. The van der Waals surface area contributed by atoms with Crippen LogP contribution in [0.15, 0.2) is 0 Å². The summed E-state index contributed by atoms with van der Waals surface area (Å²) in [5, 5.41) is 0. The summed E-state index contributed by atoms with van der Waals surface area (Å²) in [5.74, 6) is -2.83. The smallest absolute Gasteiger partial charge is 0.347 e. The maximum atomic E-state index is 11.7. The molecule has 0 heterocycles. The molecule has 0 bridgehead atoms. The van der Waals surface area contributed by atoms with Crippen molar-refractivity contribution in [3.63, 3.8) is 0 Å². The minimum atomic E-state index is -1.23. The molecular formula is C14H22O8. The lowest BCUT2D eigenvalue weighted by atomic mass is 10.3. The fourth-order valence-corrected chi connectivity index (χ4v) is 1.09. The van der Waals surface area contributed by atoms with Gasteiger partial charge in [0.25, 0.3) is 0 Å². The van der Waals surface area contributed by atoms with Crippen LogP contribution in [0.2, 0.25) is 0 Å². The average Bonchev–Trinajstić information content (AvgIpc) is 2.45. The van der Waals surface area contributed by atoms with Crippen molar-refractivity contribution in [1.29, 1.82) is 0 Å². The van der Waals surface area contributed by atoms with Gasteiger partial charge in [0.05, 0.1) is 0 Å². The van der Waals surface area contributed by atoms with E-state index in [1.807, 2.05) is 0 Å². The minimum absolute atomic E-state index is 0.331. The molecule has 0 aliphatic heterocycles. The highest BCUT2D eigenvalue weighted by Gasteiger charge is 2.28. The number of ketones is 1. The summed E-state index contributed by atoms with van der Waals surface area (Å²) in [4.78, 5) is 45.8. The molecule has 4 atom stereocenters. The van der Waals surface area contributed by atoms with E-state index in [4.69, 9.17) is 18.9 Å². The summed E-state index contributed by atoms with van der Waals surface area (Å²) < 4.78 is 19.2. The van der Waals surface area contributed by atoms with E-state index in [-0.39, 0.29) is 5.78 Å². The van der Waals surface area contributed by atoms with Gasteiger partial charge in [0, 0.05) is 7.11 Å². The monoisotopic (exact) mass is 318 g/mol. The Morgan fingerprint density at radius 3 is 1.27 bits per heavy atom. The summed E-state index contributed by atoms with van der Waals surface area (Å²) in [6.45, 7) is 6.74. The number of ether oxygens (including phenoxy) is 4. The normalized spacial score (nSPS) is 15.9. The number of carbonyl (C=O) groups excluding carboxylic acids is 4. The molecule has 0 amide bonds. The maximum Gasteiger partial charge on any atom is 0.347 e. The topological polar surface area (TPSA) is 105 Å². The molecule has 8 heteroatoms. The molecule has 0 saturated heterocycles. The van der Waals surface area contributed by atoms with Crippen LogP contribution in [0, 0.1) is 0 Å². The fraction of sp³-hybridized carbons (Fsp3) is 0.714. The largest absolute Gasteiger partial charge is 0.452 e. The van der Waals surface area contributed by atoms with Gasteiger partial charge in [0.1, 0.15) is 0 Å². The number of Topliss-reactive ketones (excluding diaryl/α,β-unsaturated/α-hetero) is 1. The molecular weight excluding hydrogens is 296 g/mol. The third-order valence-corrected chi connectivity index (χ3v) is 2.80. The molecule has 0 saturated carbocycles. The third-order valence-electron chi connectivity index (χ3n) is 2.80. The summed E-state index contributed by atoms with van der Waals surface area (Å²) in [7, 11) is 1.32. The van der Waals surface area contributed by atoms with Gasteiger partial charge < -0.3 is 18.9 Å². The lowest BCUT2D eigenvalue weighted by Crippen LogP contribution is -2.36. The zero-order valence-electron chi connectivity index (χ0n) is 13.6. The number of hydrogen-bond donors (Lipinski definition) is 0. The minimum Gasteiger partial charge on any atom is -0.452 e. The Bertz CT molecular complexity index is 431. The van der Waals surface area contributed by atoms with Crippen LogP contribution in [0.1, 0.15) is 34.6 Å². The first-order valence-corrected chi connectivity index (χ1v) is 6.74. The zero-order chi connectivity index (χ0) is 17.4. The van der Waals surface area contributed by atoms with Gasteiger partial charge in [0.2, 0.25) is 0 Å². The number of rotatable bonds is 8. The molecule has 0 rings (SSSR count). The standard InChI is InChI=1S/C14H22O8/c1-7(15)8(2)20-13(17)10(4)22-14(18)11(5)21-12(16)9(3)19-6/h8-11H,1-6H3. The summed E-state index contributed by atoms with van der Waals surface area (Å²) >= 11 is 0. The lowest BCUT2D eigenvalue weighted by molar-refractivity contribution is -0.181. The molecule has 0 spiro atoms. The number of esters is 3. The van der Waals surface area contributed by atoms with Crippen LogP contribution in [0.3, 0.4) is 0 Å². The second-order valence-electron chi connectivity index (χ2n) is 4.73. The van der Waals surface area contributed by atoms with E-state index in [9.17, 15) is 19.2 Å². The van der Waals surface area contributed by atoms with Crippen molar-refractivity contribution in [3.05, 3.63) is 0 Å². The third kappa shape index (κ3) is 6.66. The lowest BCUT2D eigenvalue weighted by Gasteiger charge is -2.18. The van der Waals surface area contributed by atoms with Crippen LogP contribution >= 0.6 is 0 Å². The number of carbonyl (C=O) groups is 4. The van der Waals surface area contributed by atoms with Crippen molar-refractivity contribution in [2.75, 3.05) is 7.11 Å². The highest BCUT2D eigenvalue weighted by Crippen LogP contribution is 2.05. The highest BCUT2D eigenvalue weighted by atomic mass is 16.6. The van der Waals surface area contributed by atoms with Gasteiger partial charge in [-0.15, -0.1) is 0 Å². The molecule has 0 radical (unpaired) electrons. The van der Waals surface area contributed by atoms with Crippen molar-refractivity contribution >= 4 is 23.7 Å². The molecule has 0 aromatic heterocycles. The molecule has 0 aromatic rings. The van der Waals surface area contributed by atoms with Crippen molar-refractivity contribution in [2.45, 2.75) is 59.0 Å². The number of methoxy groups -OCH3 is 1. The zero-order valence-corrected chi connectivity index (χ0v) is 13.6. The molecule has 126 valence electrons. The second kappa shape index (κ2) is 9.14. The van der Waals surface area contributed by atoms with E-state index in [0.717, 1.165) is 0 Å². The Labute approximate surface area is 129 Å². The molecule has 22 heavy (non-hydrogen) atoms. The maximum absolute atomic E-state index is 11.7. The van der Waals surface area contributed by atoms with E-state index >= 15 is 0 Å². The van der Waals surface area contributed by atoms with E-state index < -0.39 is 42.3 Å². The average molecular weight is 318 g/mol. The highest BCUT2D eigenvalue weighted by molar-refractivity contribution is 5.86. The summed E-state index contributed by atoms with van der Waals surface area (Å²) in [5.41, 5.74) is 0. The molecule has 8 nitrogen and oxygen atoms in total. The molecule has 0 aliphatic carbocycles. The second-order valence-corrected chi connectivity index (χ2v) is 4.73. The Hall–Kier alpha value is -1.96. The van der Waals surface area contributed by atoms with E-state index in [1.54, 1.807) is 0 Å². The van der Waals surface area contributed by atoms with E-state index in [1.165, 1.54) is 41.7 Å². The van der Waals surface area contributed by atoms with Crippen LogP contribution in [0.5, 0.6) is 0 Å². The Morgan fingerprint density at radius 1 is 0.636 bits per heavy atom. The van der Waals surface area contributed by atoms with Crippen LogP contribution in [0.4, 0.5) is 0 Å². The molecule has 0 N–H and O–H groups in total. The van der Waals surface area contributed by atoms with Crippen LogP contribution < -0.4 is 0 Å². The van der Waals surface area contributed by atoms with E-state index in [0.29, 0.717) is 0 Å². The van der Waals surface area contributed by atoms with Crippen LogP contribution in [0.25, 0.3) is 0 Å². The Morgan fingerprint density at radius 2 is 0.955 bits per heavy atom. The molecule has 0 aliphatic rings. The van der Waals surface area contributed by atoms with Gasteiger partial charge in [-0.25, -0.2) is 14.4 Å². The first-order valence-electron chi connectivity index (χ1n) is 6.74. The van der Waals surface area contributed by atoms with E-state index in [2.05, 4.69) is 0 Å². The summed E-state index contributed by atoms with van der Waals surface area (Å²) in [6, 6.07) is 0. The van der Waals surface area contributed by atoms with Gasteiger partial charge in [-0.2, -0.15) is 0 Å². The molecule has 4 unspecified atom stereocenters. The van der Waals surface area contributed by atoms with Gasteiger partial charge in [-0.1, -0.05) is 0 Å². The Kier molecular flexibility index (Phi) is 8.32. The predicted molar refractivity (Wildman–Crippen MR) is 73.8 cm³/mol. The van der Waals surface area contributed by atoms with Crippen molar-refractivity contribution in [1.82, 2.24) is 0 Å². The first kappa shape index (κ1) is 20.0. The number of hydrogen-bond acceptors (Lipinski definition) is 8. The fourth-order valence-electron chi connectivity index (χ4n) is 1.09. The SMILES string of the molecule is COC(C)C(=O)OC(C)C(=O)OC(C)C(=O)OC(C)C(C)=O. The van der Waals surface area contributed by atoms with Crippen LogP contribution in [-0.4, -0.2) is 55.2 Å². The van der Waals surface area contributed by atoms with Crippen molar-refractivity contribution < 1.29 is 38.1 Å².